The summed E-state index contributed by atoms with van der Waals surface area (Å²) in [5.41, 5.74) is 4.24. The number of likely N-dealkylation sites (tertiary alicyclic amines) is 1. The van der Waals surface area contributed by atoms with E-state index in [9.17, 15) is 4.79 Å². The molecule has 0 bridgehead atoms. The van der Waals surface area contributed by atoms with Gasteiger partial charge in [0.15, 0.2) is 0 Å². The number of benzene rings is 2. The molecule has 0 unspecified atom stereocenters. The van der Waals surface area contributed by atoms with E-state index >= 15 is 0 Å². The Hall–Kier alpha value is -2.33. The van der Waals surface area contributed by atoms with Crippen molar-refractivity contribution in [2.45, 2.75) is 25.3 Å². The molecule has 2 heterocycles. The first-order chi connectivity index (χ1) is 12.8. The van der Waals surface area contributed by atoms with Gasteiger partial charge in [-0.05, 0) is 29.5 Å². The summed E-state index contributed by atoms with van der Waals surface area (Å²) in [6.45, 7) is 5.37. The molecule has 0 aromatic heterocycles. The summed E-state index contributed by atoms with van der Waals surface area (Å²) in [6, 6.07) is 19.3. The number of carbonyl (C=O) groups is 1. The topological polar surface area (TPSA) is 35.6 Å². The highest BCUT2D eigenvalue weighted by molar-refractivity contribution is 5.74. The van der Waals surface area contributed by atoms with Gasteiger partial charge in [-0.2, -0.15) is 0 Å². The van der Waals surface area contributed by atoms with Crippen LogP contribution in [0.4, 0.5) is 4.79 Å². The van der Waals surface area contributed by atoms with Crippen molar-refractivity contribution in [3.63, 3.8) is 0 Å². The maximum Gasteiger partial charge on any atom is 0.317 e. The quantitative estimate of drug-likeness (QED) is 0.920. The van der Waals surface area contributed by atoms with Crippen molar-refractivity contribution in [1.82, 2.24) is 15.1 Å². The van der Waals surface area contributed by atoms with Crippen molar-refractivity contribution in [3.8, 4) is 0 Å². The summed E-state index contributed by atoms with van der Waals surface area (Å²) in [5.74, 6) is 0.473. The highest BCUT2D eigenvalue weighted by Crippen LogP contribution is 2.26. The highest BCUT2D eigenvalue weighted by Gasteiger charge is 2.27. The Morgan fingerprint density at radius 1 is 1.00 bits per heavy atom. The number of carbonyl (C=O) groups excluding carboxylic acids is 1. The van der Waals surface area contributed by atoms with Crippen molar-refractivity contribution in [1.29, 1.82) is 0 Å². The molecule has 2 aromatic rings. The summed E-state index contributed by atoms with van der Waals surface area (Å²) < 4.78 is 0. The molecular weight excluding hydrogens is 322 g/mol. The Labute approximate surface area is 155 Å². The van der Waals surface area contributed by atoms with Crippen molar-refractivity contribution >= 4 is 6.03 Å². The SMILES string of the molecule is O=C(NCCN1CCc2ccccc2C1)N1CC[C@H](c2ccccc2)C1. The Balaban J connectivity index is 1.22. The van der Waals surface area contributed by atoms with Crippen LogP contribution in [0.3, 0.4) is 0 Å². The minimum atomic E-state index is 0.0841. The molecule has 2 aromatic carbocycles. The van der Waals surface area contributed by atoms with Gasteiger partial charge in [-0.1, -0.05) is 54.6 Å². The number of urea groups is 1. The number of hydrogen-bond acceptors (Lipinski definition) is 2. The molecule has 136 valence electrons. The van der Waals surface area contributed by atoms with Gasteiger partial charge in [0.2, 0.25) is 0 Å². The van der Waals surface area contributed by atoms with Gasteiger partial charge in [-0.25, -0.2) is 4.79 Å². The molecule has 1 N–H and O–H groups in total. The normalized spacial score (nSPS) is 20.0. The summed E-state index contributed by atoms with van der Waals surface area (Å²) in [6.07, 6.45) is 2.16. The van der Waals surface area contributed by atoms with Gasteiger partial charge in [0, 0.05) is 45.2 Å². The van der Waals surface area contributed by atoms with Crippen LogP contribution >= 0.6 is 0 Å². The molecule has 4 heteroatoms. The average Bonchev–Trinajstić information content (AvgIpc) is 3.19. The van der Waals surface area contributed by atoms with Crippen LogP contribution in [0.5, 0.6) is 0 Å². The fourth-order valence-corrected chi connectivity index (χ4v) is 4.12. The molecular formula is C22H27N3O. The lowest BCUT2D eigenvalue weighted by atomic mass is 9.99. The van der Waals surface area contributed by atoms with Crippen LogP contribution in [0.15, 0.2) is 54.6 Å². The molecule has 0 spiro atoms. The summed E-state index contributed by atoms with van der Waals surface area (Å²) >= 11 is 0. The molecule has 0 saturated carbocycles. The van der Waals surface area contributed by atoms with Crippen molar-refractivity contribution in [3.05, 3.63) is 71.3 Å². The lowest BCUT2D eigenvalue weighted by molar-refractivity contribution is 0.202. The summed E-state index contributed by atoms with van der Waals surface area (Å²) in [5, 5.41) is 3.11. The number of nitrogens with zero attached hydrogens (tertiary/aromatic N) is 2. The van der Waals surface area contributed by atoms with E-state index in [-0.39, 0.29) is 6.03 Å². The second-order valence-electron chi connectivity index (χ2n) is 7.37. The van der Waals surface area contributed by atoms with Gasteiger partial charge in [0.1, 0.15) is 0 Å². The van der Waals surface area contributed by atoms with E-state index in [4.69, 9.17) is 0 Å². The van der Waals surface area contributed by atoms with Gasteiger partial charge in [-0.15, -0.1) is 0 Å². The van der Waals surface area contributed by atoms with E-state index in [1.165, 1.54) is 16.7 Å². The van der Waals surface area contributed by atoms with Crippen LogP contribution in [0.2, 0.25) is 0 Å². The predicted octanol–water partition coefficient (Wildman–Crippen LogP) is 3.24. The van der Waals surface area contributed by atoms with Crippen molar-refractivity contribution in [2.24, 2.45) is 0 Å². The molecule has 0 radical (unpaired) electrons. The predicted molar refractivity (Wildman–Crippen MR) is 104 cm³/mol. The monoisotopic (exact) mass is 349 g/mol. The zero-order chi connectivity index (χ0) is 17.8. The fourth-order valence-electron chi connectivity index (χ4n) is 4.12. The molecule has 2 aliphatic rings. The number of amides is 2. The zero-order valence-corrected chi connectivity index (χ0v) is 15.2. The second-order valence-corrected chi connectivity index (χ2v) is 7.37. The number of nitrogens with one attached hydrogen (secondary N) is 1. The standard InChI is InChI=1S/C22H27N3O/c26-22(25-14-11-21(17-25)18-6-2-1-3-7-18)23-12-15-24-13-10-19-8-4-5-9-20(19)16-24/h1-9,21H,10-17H2,(H,23,26)/t21-/m0/s1. The largest absolute Gasteiger partial charge is 0.337 e. The number of rotatable bonds is 4. The van der Waals surface area contributed by atoms with Gasteiger partial charge >= 0.3 is 6.03 Å². The van der Waals surface area contributed by atoms with E-state index < -0.39 is 0 Å². The Morgan fingerprint density at radius 3 is 2.62 bits per heavy atom. The first-order valence-electron chi connectivity index (χ1n) is 9.66. The Morgan fingerprint density at radius 2 is 1.77 bits per heavy atom. The molecule has 4 nitrogen and oxygen atoms in total. The van der Waals surface area contributed by atoms with Gasteiger partial charge in [0.05, 0.1) is 0 Å². The van der Waals surface area contributed by atoms with E-state index in [2.05, 4.69) is 58.7 Å². The summed E-state index contributed by atoms with van der Waals surface area (Å²) in [4.78, 5) is 16.8. The van der Waals surface area contributed by atoms with Crippen LogP contribution in [-0.2, 0) is 13.0 Å². The van der Waals surface area contributed by atoms with Crippen LogP contribution in [-0.4, -0.2) is 48.6 Å². The molecule has 1 saturated heterocycles. The first kappa shape index (κ1) is 17.1. The van der Waals surface area contributed by atoms with Crippen LogP contribution in [0, 0.1) is 0 Å². The van der Waals surface area contributed by atoms with Crippen molar-refractivity contribution in [2.75, 3.05) is 32.7 Å². The van der Waals surface area contributed by atoms with Crippen LogP contribution in [0.25, 0.3) is 0 Å². The molecule has 0 aliphatic carbocycles. The minimum absolute atomic E-state index is 0.0841. The van der Waals surface area contributed by atoms with Gasteiger partial charge < -0.3 is 10.2 Å². The third-order valence-corrected chi connectivity index (χ3v) is 5.66. The van der Waals surface area contributed by atoms with E-state index in [1.54, 1.807) is 0 Å². The van der Waals surface area contributed by atoms with E-state index in [1.807, 2.05) is 11.0 Å². The Bertz CT molecular complexity index is 746. The molecule has 4 rings (SSSR count). The first-order valence-corrected chi connectivity index (χ1v) is 9.66. The van der Waals surface area contributed by atoms with Gasteiger partial charge in [0.25, 0.3) is 0 Å². The molecule has 2 amide bonds. The van der Waals surface area contributed by atoms with Crippen LogP contribution in [0.1, 0.15) is 29.0 Å². The van der Waals surface area contributed by atoms with Gasteiger partial charge in [-0.3, -0.25) is 4.90 Å². The van der Waals surface area contributed by atoms with E-state index in [0.717, 1.165) is 45.6 Å². The molecule has 2 aliphatic heterocycles. The van der Waals surface area contributed by atoms with Crippen molar-refractivity contribution < 1.29 is 4.79 Å². The molecule has 26 heavy (non-hydrogen) atoms. The number of fused-ring (bicyclic) bond motifs is 1. The highest BCUT2D eigenvalue weighted by atomic mass is 16.2. The molecule has 1 fully saturated rings. The lowest BCUT2D eigenvalue weighted by Crippen LogP contribution is -2.43. The maximum absolute atomic E-state index is 12.5. The fraction of sp³-hybridized carbons (Fsp3) is 0.409. The second kappa shape index (κ2) is 7.92. The smallest absolute Gasteiger partial charge is 0.317 e. The third-order valence-electron chi connectivity index (χ3n) is 5.66. The number of hydrogen-bond donors (Lipinski definition) is 1. The maximum atomic E-state index is 12.5. The molecule has 1 atom stereocenters. The zero-order valence-electron chi connectivity index (χ0n) is 15.2. The Kier molecular flexibility index (Phi) is 5.21. The minimum Gasteiger partial charge on any atom is -0.337 e. The van der Waals surface area contributed by atoms with E-state index in [0.29, 0.717) is 12.5 Å². The van der Waals surface area contributed by atoms with Crippen LogP contribution < -0.4 is 5.32 Å². The third kappa shape index (κ3) is 3.91. The lowest BCUT2D eigenvalue weighted by Gasteiger charge is -2.29. The average molecular weight is 349 g/mol. The summed E-state index contributed by atoms with van der Waals surface area (Å²) in [7, 11) is 0.